The second kappa shape index (κ2) is 13.8. The van der Waals surface area contributed by atoms with E-state index in [2.05, 4.69) is 31.7 Å². The van der Waals surface area contributed by atoms with Gasteiger partial charge in [-0.2, -0.15) is 0 Å². The van der Waals surface area contributed by atoms with Crippen molar-refractivity contribution in [1.29, 1.82) is 0 Å². The third-order valence-electron chi connectivity index (χ3n) is 6.25. The van der Waals surface area contributed by atoms with E-state index in [9.17, 15) is 14.4 Å². The Bertz CT molecular complexity index is 1410. The summed E-state index contributed by atoms with van der Waals surface area (Å²) in [5, 5.41) is 3.27. The number of nitrogens with zero attached hydrogens (tertiary/aromatic N) is 5. The number of carbonyl (C=O) groups is 3. The van der Waals surface area contributed by atoms with Crippen LogP contribution in [-0.2, 0) is 22.4 Å². The minimum atomic E-state index is -0.600. The van der Waals surface area contributed by atoms with Crippen molar-refractivity contribution in [2.75, 3.05) is 58.5 Å². The van der Waals surface area contributed by atoms with Gasteiger partial charge in [0.15, 0.2) is 0 Å². The molecule has 210 valence electrons. The number of benzene rings is 2. The summed E-state index contributed by atoms with van der Waals surface area (Å²) in [4.78, 5) is 51.8. The number of hydrogen-bond acceptors (Lipinski definition) is 7. The predicted octanol–water partition coefficient (Wildman–Crippen LogP) is 3.70. The average molecular weight is 563 g/mol. The van der Waals surface area contributed by atoms with E-state index < -0.39 is 11.7 Å². The van der Waals surface area contributed by atoms with E-state index in [1.807, 2.05) is 39.3 Å². The molecule has 0 aliphatic heterocycles. The quantitative estimate of drug-likeness (QED) is 0.204. The highest BCUT2D eigenvalue weighted by atomic mass is 35.5. The van der Waals surface area contributed by atoms with Gasteiger partial charge in [0.25, 0.3) is 11.7 Å². The van der Waals surface area contributed by atoms with Gasteiger partial charge < -0.3 is 20.0 Å². The minimum absolute atomic E-state index is 0.257. The number of hydrogen-bond donors (Lipinski definition) is 1. The molecular weight excluding hydrogens is 528 g/mol. The van der Waals surface area contributed by atoms with E-state index in [1.165, 1.54) is 11.0 Å². The molecule has 0 atom stereocenters. The number of ketones is 1. The highest BCUT2D eigenvalue weighted by Crippen LogP contribution is 2.28. The van der Waals surface area contributed by atoms with Crippen molar-refractivity contribution in [2.24, 2.45) is 0 Å². The van der Waals surface area contributed by atoms with E-state index in [-0.39, 0.29) is 12.3 Å². The van der Waals surface area contributed by atoms with E-state index in [0.29, 0.717) is 39.8 Å². The maximum atomic E-state index is 12.8. The topological polar surface area (TPSA) is 98.7 Å². The second-order valence-electron chi connectivity index (χ2n) is 9.89. The molecule has 0 aliphatic rings. The fraction of sp³-hybridized carbons (Fsp3) is 0.300. The Morgan fingerprint density at radius 3 is 2.40 bits per heavy atom. The van der Waals surface area contributed by atoms with Gasteiger partial charge in [-0.05, 0) is 43.4 Å². The van der Waals surface area contributed by atoms with Crippen LogP contribution in [0.3, 0.4) is 0 Å². The van der Waals surface area contributed by atoms with Crippen molar-refractivity contribution in [3.8, 4) is 0 Å². The summed E-state index contributed by atoms with van der Waals surface area (Å²) in [7, 11) is 9.08. The molecule has 3 aromatic rings. The van der Waals surface area contributed by atoms with Gasteiger partial charge in [-0.25, -0.2) is 9.97 Å². The monoisotopic (exact) mass is 562 g/mol. The summed E-state index contributed by atoms with van der Waals surface area (Å²) in [5.74, 6) is -0.958. The minimum Gasteiger partial charge on any atom is -0.372 e. The Balaban J connectivity index is 1.89. The summed E-state index contributed by atoms with van der Waals surface area (Å²) >= 11 is 6.45. The van der Waals surface area contributed by atoms with Gasteiger partial charge in [0, 0.05) is 58.8 Å². The number of amides is 2. The molecule has 0 radical (unpaired) electrons. The smallest absolute Gasteiger partial charge is 0.294 e. The lowest BCUT2D eigenvalue weighted by Crippen LogP contribution is -2.30. The molecule has 0 saturated carbocycles. The summed E-state index contributed by atoms with van der Waals surface area (Å²) in [6.07, 6.45) is 3.42. The maximum Gasteiger partial charge on any atom is 0.294 e. The molecule has 1 N–H and O–H groups in total. The van der Waals surface area contributed by atoms with Crippen LogP contribution in [0.4, 0.5) is 11.4 Å². The molecule has 0 aliphatic carbocycles. The number of likely N-dealkylation sites (N-methyl/N-ethyl adjacent to an activating group) is 3. The van der Waals surface area contributed by atoms with Crippen molar-refractivity contribution in [1.82, 2.24) is 19.8 Å². The van der Waals surface area contributed by atoms with Gasteiger partial charge in [0.1, 0.15) is 5.82 Å². The van der Waals surface area contributed by atoms with Gasteiger partial charge in [0.2, 0.25) is 5.91 Å². The average Bonchev–Trinajstić information content (AvgIpc) is 2.93. The first-order valence-electron chi connectivity index (χ1n) is 12.8. The first kappa shape index (κ1) is 30.5. The summed E-state index contributed by atoms with van der Waals surface area (Å²) in [5.41, 5.74) is 3.94. The van der Waals surface area contributed by atoms with Crippen molar-refractivity contribution in [3.05, 3.63) is 94.5 Å². The van der Waals surface area contributed by atoms with Gasteiger partial charge >= 0.3 is 0 Å². The molecule has 0 saturated heterocycles. The normalized spacial score (nSPS) is 10.8. The van der Waals surface area contributed by atoms with Crippen LogP contribution in [0.1, 0.15) is 33.0 Å². The molecule has 1 heterocycles. The Morgan fingerprint density at radius 2 is 1.73 bits per heavy atom. The first-order chi connectivity index (χ1) is 19.0. The molecule has 0 fully saturated rings. The number of anilines is 2. The summed E-state index contributed by atoms with van der Waals surface area (Å²) in [6.45, 7) is 5.19. The standard InChI is InChI=1S/C30H35ClN6O3/c1-7-28(38)34-25-16-20(12-13-26(25)37(6)15-14-35(2)3)17-27-32-19-23(31)24(33-27)18-21-10-8-9-11-22(21)29(39)30(40)36(4)5/h7-13,16,19H,1,14-15,17-18H2,2-6H3,(H,34,38). The van der Waals surface area contributed by atoms with Crippen LogP contribution in [0.15, 0.2) is 61.3 Å². The van der Waals surface area contributed by atoms with E-state index in [0.717, 1.165) is 24.3 Å². The molecule has 0 bridgehead atoms. The molecule has 10 heteroatoms. The van der Waals surface area contributed by atoms with Gasteiger partial charge in [-0.1, -0.05) is 48.5 Å². The lowest BCUT2D eigenvalue weighted by atomic mass is 9.99. The molecule has 0 unspecified atom stereocenters. The van der Waals surface area contributed by atoms with Crippen LogP contribution in [0.2, 0.25) is 5.02 Å². The molecule has 0 spiro atoms. The lowest BCUT2D eigenvalue weighted by Gasteiger charge is -2.24. The third-order valence-corrected chi connectivity index (χ3v) is 6.56. The number of rotatable bonds is 12. The molecule has 3 rings (SSSR count). The summed E-state index contributed by atoms with van der Waals surface area (Å²) in [6, 6.07) is 12.8. The van der Waals surface area contributed by atoms with Crippen LogP contribution in [0.5, 0.6) is 0 Å². The van der Waals surface area contributed by atoms with Gasteiger partial charge in [-0.3, -0.25) is 14.4 Å². The van der Waals surface area contributed by atoms with Crippen LogP contribution >= 0.6 is 11.6 Å². The fourth-order valence-corrected chi connectivity index (χ4v) is 4.17. The Labute approximate surface area is 240 Å². The fourth-order valence-electron chi connectivity index (χ4n) is 4.01. The number of carbonyl (C=O) groups excluding carboxylic acids is 3. The molecule has 1 aromatic heterocycles. The Kier molecular flexibility index (Phi) is 10.5. The van der Waals surface area contributed by atoms with Crippen LogP contribution in [0.25, 0.3) is 0 Å². The van der Waals surface area contributed by atoms with E-state index in [1.54, 1.807) is 44.6 Å². The summed E-state index contributed by atoms with van der Waals surface area (Å²) < 4.78 is 0. The SMILES string of the molecule is C=CC(=O)Nc1cc(Cc2ncc(Cl)c(Cc3ccccc3C(=O)C(=O)N(C)C)n2)ccc1N(C)CCN(C)C. The van der Waals surface area contributed by atoms with Gasteiger partial charge in [0.05, 0.1) is 22.1 Å². The van der Waals surface area contributed by atoms with Crippen molar-refractivity contribution in [3.63, 3.8) is 0 Å². The van der Waals surface area contributed by atoms with E-state index >= 15 is 0 Å². The van der Waals surface area contributed by atoms with E-state index in [4.69, 9.17) is 11.6 Å². The van der Waals surface area contributed by atoms with Crippen molar-refractivity contribution >= 4 is 40.6 Å². The lowest BCUT2D eigenvalue weighted by molar-refractivity contribution is -0.124. The predicted molar refractivity (Wildman–Crippen MR) is 159 cm³/mol. The van der Waals surface area contributed by atoms with Crippen LogP contribution < -0.4 is 10.2 Å². The van der Waals surface area contributed by atoms with Crippen molar-refractivity contribution < 1.29 is 14.4 Å². The maximum absolute atomic E-state index is 12.8. The molecular formula is C30H35ClN6O3. The van der Waals surface area contributed by atoms with Crippen molar-refractivity contribution in [2.45, 2.75) is 12.8 Å². The largest absolute Gasteiger partial charge is 0.372 e. The zero-order chi connectivity index (χ0) is 29.4. The Hall–Kier alpha value is -4.08. The number of Topliss-reactive ketones (excluding diaryl/α,β-unsaturated/α-hetero) is 1. The molecule has 9 nitrogen and oxygen atoms in total. The molecule has 2 amide bonds. The number of aromatic nitrogens is 2. The van der Waals surface area contributed by atoms with Crippen LogP contribution in [-0.4, -0.2) is 85.7 Å². The number of halogens is 1. The van der Waals surface area contributed by atoms with Crippen LogP contribution in [0, 0.1) is 0 Å². The second-order valence-corrected chi connectivity index (χ2v) is 10.3. The molecule has 40 heavy (non-hydrogen) atoms. The molecule has 2 aromatic carbocycles. The highest BCUT2D eigenvalue weighted by Gasteiger charge is 2.22. The zero-order valence-corrected chi connectivity index (χ0v) is 24.3. The van der Waals surface area contributed by atoms with Gasteiger partial charge in [-0.15, -0.1) is 0 Å². The number of nitrogens with one attached hydrogen (secondary N) is 1. The third kappa shape index (κ3) is 7.97. The zero-order valence-electron chi connectivity index (χ0n) is 23.6. The highest BCUT2D eigenvalue weighted by molar-refractivity contribution is 6.43. The Morgan fingerprint density at radius 1 is 1.00 bits per heavy atom. The first-order valence-corrected chi connectivity index (χ1v) is 13.1.